The number of hydrogen-bond acceptors (Lipinski definition) is 6. The standard InChI is InChI=1S/C21H29NO6S.2H2S/c23-17-13-28-18-9-4-10-22(20(17)18)21(24)19(12-15-6-2-1-3-7-15)29(25,26)14-16-8-5-11-27-16;;/h5,8,11,15,18-20H,1-4,6-7,9-10,12-14H2;2*1H2/t18-,19+,20-;;/m1../s1. The van der Waals surface area contributed by atoms with E-state index in [1.165, 1.54) is 11.2 Å². The zero-order chi connectivity index (χ0) is 20.4. The minimum Gasteiger partial charge on any atom is -0.468 e. The first kappa shape index (κ1) is 26.3. The Morgan fingerprint density at radius 3 is 2.55 bits per heavy atom. The summed E-state index contributed by atoms with van der Waals surface area (Å²) in [6.07, 6.45) is 8.12. The van der Waals surface area contributed by atoms with Gasteiger partial charge < -0.3 is 14.1 Å². The highest BCUT2D eigenvalue weighted by Gasteiger charge is 2.48. The Kier molecular flexibility index (Phi) is 9.54. The molecule has 3 heterocycles. The number of hydrogen-bond donors (Lipinski definition) is 0. The largest absolute Gasteiger partial charge is 0.468 e. The summed E-state index contributed by atoms with van der Waals surface area (Å²) in [6, 6.07) is 2.63. The van der Waals surface area contributed by atoms with E-state index in [4.69, 9.17) is 9.15 Å². The molecular weight excluding hydrogens is 458 g/mol. The number of ketones is 1. The van der Waals surface area contributed by atoms with Crippen LogP contribution in [0.25, 0.3) is 0 Å². The minimum atomic E-state index is -3.78. The van der Waals surface area contributed by atoms with Crippen LogP contribution < -0.4 is 0 Å². The third-order valence-corrected chi connectivity index (χ3v) is 8.48. The van der Waals surface area contributed by atoms with Crippen molar-refractivity contribution in [2.75, 3.05) is 13.2 Å². The maximum atomic E-state index is 13.5. The number of likely N-dealkylation sites (tertiary alicyclic amines) is 1. The molecule has 7 nitrogen and oxygen atoms in total. The van der Waals surface area contributed by atoms with Crippen molar-refractivity contribution in [3.05, 3.63) is 24.2 Å². The van der Waals surface area contributed by atoms with E-state index in [2.05, 4.69) is 0 Å². The second kappa shape index (κ2) is 11.2. The molecule has 1 aromatic heterocycles. The van der Waals surface area contributed by atoms with Gasteiger partial charge in [0.25, 0.3) is 0 Å². The molecule has 31 heavy (non-hydrogen) atoms. The van der Waals surface area contributed by atoms with Crippen LogP contribution in [-0.4, -0.2) is 55.6 Å². The lowest BCUT2D eigenvalue weighted by Gasteiger charge is -2.38. The molecule has 0 unspecified atom stereocenters. The van der Waals surface area contributed by atoms with Crippen LogP contribution in [0, 0.1) is 5.92 Å². The van der Waals surface area contributed by atoms with E-state index in [0.717, 1.165) is 38.5 Å². The highest BCUT2D eigenvalue weighted by atomic mass is 32.2. The molecule has 0 N–H and O–H groups in total. The Labute approximate surface area is 198 Å². The van der Waals surface area contributed by atoms with Crippen molar-refractivity contribution in [2.45, 2.75) is 74.5 Å². The molecule has 0 aromatic carbocycles. The van der Waals surface area contributed by atoms with Gasteiger partial charge in [-0.1, -0.05) is 32.1 Å². The van der Waals surface area contributed by atoms with Gasteiger partial charge in [-0.25, -0.2) is 8.42 Å². The molecule has 176 valence electrons. The third-order valence-electron chi connectivity index (χ3n) is 6.53. The van der Waals surface area contributed by atoms with Gasteiger partial charge in [0.05, 0.1) is 12.4 Å². The Morgan fingerprint density at radius 2 is 1.87 bits per heavy atom. The molecule has 3 aliphatic rings. The topological polar surface area (TPSA) is 93.9 Å². The van der Waals surface area contributed by atoms with Gasteiger partial charge >= 0.3 is 0 Å². The molecule has 2 aliphatic heterocycles. The predicted molar refractivity (Wildman–Crippen MR) is 127 cm³/mol. The summed E-state index contributed by atoms with van der Waals surface area (Å²) in [5.74, 6) is -0.294. The maximum Gasteiger partial charge on any atom is 0.241 e. The molecule has 1 aromatic rings. The van der Waals surface area contributed by atoms with Crippen molar-refractivity contribution >= 4 is 48.5 Å². The Bertz CT molecular complexity index is 835. The number of furan rings is 1. The lowest BCUT2D eigenvalue weighted by molar-refractivity contribution is -0.140. The van der Waals surface area contributed by atoms with Gasteiger partial charge in [0.1, 0.15) is 29.4 Å². The number of sulfone groups is 1. The number of Topliss-reactive ketones (excluding diaryl/α,β-unsaturated/α-hetero) is 1. The fraction of sp³-hybridized carbons (Fsp3) is 0.714. The van der Waals surface area contributed by atoms with Crippen molar-refractivity contribution in [1.29, 1.82) is 0 Å². The first-order chi connectivity index (χ1) is 14.0. The average molecular weight is 492 g/mol. The maximum absolute atomic E-state index is 13.5. The zero-order valence-electron chi connectivity index (χ0n) is 17.6. The first-order valence-electron chi connectivity index (χ1n) is 10.6. The fourth-order valence-corrected chi connectivity index (χ4v) is 6.81. The monoisotopic (exact) mass is 491 g/mol. The number of rotatable bonds is 6. The molecule has 0 bridgehead atoms. The van der Waals surface area contributed by atoms with Crippen LogP contribution in [0.1, 0.15) is 57.1 Å². The number of carbonyl (C=O) groups excluding carboxylic acids is 2. The van der Waals surface area contributed by atoms with Crippen LogP contribution in [0.5, 0.6) is 0 Å². The second-order valence-corrected chi connectivity index (χ2v) is 10.7. The third kappa shape index (κ3) is 5.89. The van der Waals surface area contributed by atoms with Gasteiger partial charge in [-0.05, 0) is 37.3 Å². The SMILES string of the molecule is O=C1CO[C@@H]2CCCN(C(=O)[C@H](CC3CCCCC3)S(=O)(=O)Cc3ccco3)[C@H]12.S.S. The van der Waals surface area contributed by atoms with E-state index < -0.39 is 27.0 Å². The number of fused-ring (bicyclic) bond motifs is 1. The van der Waals surface area contributed by atoms with Gasteiger partial charge in [-0.15, -0.1) is 0 Å². The highest BCUT2D eigenvalue weighted by molar-refractivity contribution is 7.92. The Balaban J connectivity index is 0.00000171. The van der Waals surface area contributed by atoms with Crippen LogP contribution in [0.4, 0.5) is 0 Å². The van der Waals surface area contributed by atoms with E-state index in [1.807, 2.05) is 0 Å². The van der Waals surface area contributed by atoms with Crippen LogP contribution in [-0.2, 0) is 29.9 Å². The van der Waals surface area contributed by atoms with E-state index in [9.17, 15) is 18.0 Å². The normalized spacial score (nSPS) is 25.3. The molecule has 3 atom stereocenters. The van der Waals surface area contributed by atoms with Crippen molar-refractivity contribution in [1.82, 2.24) is 4.90 Å². The van der Waals surface area contributed by atoms with Crippen molar-refractivity contribution in [3.8, 4) is 0 Å². The van der Waals surface area contributed by atoms with E-state index >= 15 is 0 Å². The van der Waals surface area contributed by atoms with Gasteiger partial charge in [0, 0.05) is 6.54 Å². The van der Waals surface area contributed by atoms with Gasteiger partial charge in [-0.3, -0.25) is 9.59 Å². The summed E-state index contributed by atoms with van der Waals surface area (Å²) < 4.78 is 37.4. The van der Waals surface area contributed by atoms with E-state index in [0.29, 0.717) is 25.1 Å². The number of amides is 1. The number of ether oxygens (including phenoxy) is 1. The molecule has 2 saturated heterocycles. The molecule has 0 radical (unpaired) electrons. The number of piperidine rings is 1. The van der Waals surface area contributed by atoms with Gasteiger partial charge in [0.2, 0.25) is 5.91 Å². The molecular formula is C21H33NO6S3. The van der Waals surface area contributed by atoms with Crippen LogP contribution >= 0.6 is 27.0 Å². The minimum absolute atomic E-state index is 0. The van der Waals surface area contributed by atoms with Crippen molar-refractivity contribution in [2.24, 2.45) is 5.92 Å². The quantitative estimate of drug-likeness (QED) is 0.607. The van der Waals surface area contributed by atoms with Crippen LogP contribution in [0.3, 0.4) is 0 Å². The lowest BCUT2D eigenvalue weighted by Crippen LogP contribution is -2.56. The predicted octanol–water partition coefficient (Wildman–Crippen LogP) is 2.72. The van der Waals surface area contributed by atoms with E-state index in [-0.39, 0.29) is 57.2 Å². The molecule has 3 fully saturated rings. The summed E-state index contributed by atoms with van der Waals surface area (Å²) in [5, 5.41) is -1.14. The summed E-state index contributed by atoms with van der Waals surface area (Å²) >= 11 is 0. The molecule has 4 rings (SSSR count). The molecule has 1 amide bonds. The second-order valence-electron chi connectivity index (χ2n) is 8.55. The number of nitrogens with zero attached hydrogens (tertiary/aromatic N) is 1. The number of carbonyl (C=O) groups is 2. The zero-order valence-corrected chi connectivity index (χ0v) is 20.4. The molecule has 1 saturated carbocycles. The summed E-state index contributed by atoms with van der Waals surface area (Å²) in [5.41, 5.74) is 0. The summed E-state index contributed by atoms with van der Waals surface area (Å²) in [7, 11) is -3.78. The smallest absolute Gasteiger partial charge is 0.241 e. The van der Waals surface area contributed by atoms with Crippen molar-refractivity contribution < 1.29 is 27.2 Å². The first-order valence-corrected chi connectivity index (χ1v) is 12.4. The van der Waals surface area contributed by atoms with Gasteiger partial charge in [-0.2, -0.15) is 27.0 Å². The van der Waals surface area contributed by atoms with Crippen LogP contribution in [0.2, 0.25) is 0 Å². The average Bonchev–Trinajstić information content (AvgIpc) is 3.36. The molecule has 0 spiro atoms. The Hall–Kier alpha value is -0.970. The fourth-order valence-electron chi connectivity index (χ4n) is 5.04. The lowest BCUT2D eigenvalue weighted by atomic mass is 9.85. The Morgan fingerprint density at radius 1 is 1.13 bits per heavy atom. The van der Waals surface area contributed by atoms with Crippen LogP contribution in [0.15, 0.2) is 22.8 Å². The summed E-state index contributed by atoms with van der Waals surface area (Å²) in [6.45, 7) is 0.415. The van der Waals surface area contributed by atoms with E-state index in [1.54, 1.807) is 12.1 Å². The van der Waals surface area contributed by atoms with Gasteiger partial charge in [0.15, 0.2) is 15.6 Å². The summed E-state index contributed by atoms with van der Waals surface area (Å²) in [4.78, 5) is 27.4. The van der Waals surface area contributed by atoms with Crippen molar-refractivity contribution in [3.63, 3.8) is 0 Å². The molecule has 1 aliphatic carbocycles. The highest BCUT2D eigenvalue weighted by Crippen LogP contribution is 2.33. The molecule has 10 heteroatoms.